The van der Waals surface area contributed by atoms with Crippen molar-refractivity contribution in [3.05, 3.63) is 57.7 Å². The molecule has 0 saturated heterocycles. The van der Waals surface area contributed by atoms with Gasteiger partial charge in [-0.3, -0.25) is 9.69 Å². The quantitative estimate of drug-likeness (QED) is 0.556. The Morgan fingerprint density at radius 3 is 2.29 bits per heavy atom. The molecule has 4 rings (SSSR count). The largest absolute Gasteiger partial charge is 0.355 e. The summed E-state index contributed by atoms with van der Waals surface area (Å²) in [6.45, 7) is 1.33. The summed E-state index contributed by atoms with van der Waals surface area (Å²) in [7, 11) is 1.98. The molecule has 120 valence electrons. The van der Waals surface area contributed by atoms with Gasteiger partial charge >= 0.3 is 0 Å². The van der Waals surface area contributed by atoms with E-state index in [1.165, 1.54) is 0 Å². The molecule has 5 nitrogen and oxygen atoms in total. The van der Waals surface area contributed by atoms with E-state index in [1.54, 1.807) is 4.90 Å². The molecule has 0 radical (unpaired) electrons. The molecule has 2 heterocycles. The number of benzene rings is 2. The first-order valence-electron chi connectivity index (χ1n) is 7.69. The highest BCUT2D eigenvalue weighted by Gasteiger charge is 2.29. The number of nitrogens with zero attached hydrogens (tertiary/aromatic N) is 4. The molecule has 1 aromatic heterocycles. The molecule has 1 amide bonds. The van der Waals surface area contributed by atoms with Crippen LogP contribution in [0.25, 0.3) is 11.0 Å². The van der Waals surface area contributed by atoms with Crippen LogP contribution < -0.4 is 9.80 Å². The second-order valence-corrected chi connectivity index (χ2v) is 6.88. The minimum atomic E-state index is -0.0288. The number of hydrogen-bond donors (Lipinski definition) is 0. The van der Waals surface area contributed by atoms with E-state index in [1.807, 2.05) is 55.6 Å². The molecular weight excluding hydrogens is 415 g/mol. The Labute approximate surface area is 153 Å². The van der Waals surface area contributed by atoms with Crippen LogP contribution in [0, 0.1) is 3.57 Å². The van der Waals surface area contributed by atoms with Crippen molar-refractivity contribution in [1.82, 2.24) is 9.97 Å². The lowest BCUT2D eigenvalue weighted by Gasteiger charge is -2.34. The average molecular weight is 430 g/mol. The number of carbonyl (C=O) groups excluding carboxylic acids is 1. The number of anilines is 2. The highest BCUT2D eigenvalue weighted by molar-refractivity contribution is 14.1. The van der Waals surface area contributed by atoms with Crippen LogP contribution in [0.4, 0.5) is 11.6 Å². The van der Waals surface area contributed by atoms with Gasteiger partial charge in [-0.15, -0.1) is 0 Å². The topological polar surface area (TPSA) is 49.3 Å². The summed E-state index contributed by atoms with van der Waals surface area (Å²) in [4.78, 5) is 26.3. The molecule has 0 aliphatic carbocycles. The number of rotatable bonds is 1. The number of halogens is 1. The minimum absolute atomic E-state index is 0.0288. The lowest BCUT2D eigenvalue weighted by atomic mass is 10.2. The van der Waals surface area contributed by atoms with Crippen molar-refractivity contribution in [1.29, 1.82) is 0 Å². The summed E-state index contributed by atoms with van der Waals surface area (Å²) in [5.41, 5.74) is 2.34. The molecule has 2 aromatic carbocycles. The number of hydrogen-bond acceptors (Lipinski definition) is 4. The van der Waals surface area contributed by atoms with Gasteiger partial charge in [0.05, 0.1) is 16.6 Å². The van der Waals surface area contributed by atoms with Crippen LogP contribution in [0.2, 0.25) is 0 Å². The molecule has 0 saturated carbocycles. The fourth-order valence-electron chi connectivity index (χ4n) is 2.86. The maximum Gasteiger partial charge on any atom is 0.260 e. The number of likely N-dealkylation sites (N-methyl/N-ethyl adjacent to an activating group) is 1. The van der Waals surface area contributed by atoms with Gasteiger partial charge in [0.25, 0.3) is 5.91 Å². The predicted molar refractivity (Wildman–Crippen MR) is 104 cm³/mol. The number of fused-ring (bicyclic) bond motifs is 2. The minimum Gasteiger partial charge on any atom is -0.355 e. The first kappa shape index (κ1) is 15.3. The van der Waals surface area contributed by atoms with Crippen LogP contribution in [-0.4, -0.2) is 36.0 Å². The number of carbonyl (C=O) groups is 1. The van der Waals surface area contributed by atoms with Gasteiger partial charge in [0.2, 0.25) is 0 Å². The van der Waals surface area contributed by atoms with Gasteiger partial charge in [-0.2, -0.15) is 0 Å². The molecule has 3 aromatic rings. The average Bonchev–Trinajstić information content (AvgIpc) is 2.61. The summed E-state index contributed by atoms with van der Waals surface area (Å²) < 4.78 is 0.939. The summed E-state index contributed by atoms with van der Waals surface area (Å²) in [5.74, 6) is 1.35. The summed E-state index contributed by atoms with van der Waals surface area (Å²) in [6.07, 6.45) is 0. The second-order valence-electron chi connectivity index (χ2n) is 5.72. The lowest BCUT2D eigenvalue weighted by Crippen LogP contribution is -2.44. The monoisotopic (exact) mass is 430 g/mol. The first-order valence-corrected chi connectivity index (χ1v) is 8.77. The zero-order chi connectivity index (χ0) is 16.7. The third-order valence-electron chi connectivity index (χ3n) is 4.16. The highest BCUT2D eigenvalue weighted by Crippen LogP contribution is 2.32. The Bertz CT molecular complexity index is 943. The Hall–Kier alpha value is -2.22. The van der Waals surface area contributed by atoms with Crippen LogP contribution in [0.15, 0.2) is 48.5 Å². The third kappa shape index (κ3) is 2.50. The van der Waals surface area contributed by atoms with Crippen LogP contribution in [0.3, 0.4) is 0 Å². The van der Waals surface area contributed by atoms with Gasteiger partial charge in [0, 0.05) is 23.7 Å². The van der Waals surface area contributed by atoms with E-state index in [2.05, 4.69) is 27.5 Å². The van der Waals surface area contributed by atoms with E-state index in [4.69, 9.17) is 9.97 Å². The van der Waals surface area contributed by atoms with Gasteiger partial charge < -0.3 is 4.90 Å². The molecule has 6 heteroatoms. The first-order chi connectivity index (χ1) is 11.6. The normalized spacial score (nSPS) is 13.9. The summed E-state index contributed by atoms with van der Waals surface area (Å²) in [6, 6.07) is 15.4. The van der Waals surface area contributed by atoms with Crippen molar-refractivity contribution in [2.45, 2.75) is 0 Å². The summed E-state index contributed by atoms with van der Waals surface area (Å²) in [5, 5.41) is 0. The maximum atomic E-state index is 13.1. The molecular formula is C18H15IN4O. The van der Waals surface area contributed by atoms with Crippen molar-refractivity contribution < 1.29 is 4.79 Å². The highest BCUT2D eigenvalue weighted by atomic mass is 127. The molecule has 24 heavy (non-hydrogen) atoms. The van der Waals surface area contributed by atoms with E-state index in [0.29, 0.717) is 17.9 Å². The second kappa shape index (κ2) is 6.01. The van der Waals surface area contributed by atoms with E-state index in [-0.39, 0.29) is 5.91 Å². The smallest absolute Gasteiger partial charge is 0.260 e. The molecule has 0 bridgehead atoms. The Kier molecular flexibility index (Phi) is 3.84. The molecule has 0 spiro atoms. The SMILES string of the molecule is CN1CCN(C(=O)c2ccccc2I)c2nc3ccccc3nc21. The van der Waals surface area contributed by atoms with Crippen molar-refractivity contribution in [3.8, 4) is 0 Å². The van der Waals surface area contributed by atoms with E-state index in [9.17, 15) is 4.79 Å². The molecule has 0 fully saturated rings. The third-order valence-corrected chi connectivity index (χ3v) is 5.10. The van der Waals surface area contributed by atoms with Crippen molar-refractivity contribution in [2.75, 3.05) is 29.9 Å². The standard InChI is InChI=1S/C18H15IN4O/c1-22-10-11-23(18(24)12-6-2-3-7-13(12)19)17-16(22)20-14-8-4-5-9-15(14)21-17/h2-9H,10-11H2,1H3. The van der Waals surface area contributed by atoms with Crippen molar-refractivity contribution >= 4 is 51.2 Å². The van der Waals surface area contributed by atoms with Crippen molar-refractivity contribution in [2.24, 2.45) is 0 Å². The Morgan fingerprint density at radius 1 is 0.958 bits per heavy atom. The summed E-state index contributed by atoms with van der Waals surface area (Å²) >= 11 is 2.20. The van der Waals surface area contributed by atoms with Gasteiger partial charge in [-0.05, 0) is 46.9 Å². The molecule has 1 aliphatic rings. The zero-order valence-electron chi connectivity index (χ0n) is 13.1. The van der Waals surface area contributed by atoms with Crippen LogP contribution in [0.1, 0.15) is 10.4 Å². The number of aromatic nitrogens is 2. The fraction of sp³-hybridized carbons (Fsp3) is 0.167. The van der Waals surface area contributed by atoms with E-state index < -0.39 is 0 Å². The predicted octanol–water partition coefficient (Wildman–Crippen LogP) is 3.33. The molecule has 0 atom stereocenters. The molecule has 0 unspecified atom stereocenters. The zero-order valence-corrected chi connectivity index (χ0v) is 15.3. The van der Waals surface area contributed by atoms with E-state index >= 15 is 0 Å². The number of amides is 1. The maximum absolute atomic E-state index is 13.1. The van der Waals surface area contributed by atoms with Gasteiger partial charge in [0.1, 0.15) is 0 Å². The van der Waals surface area contributed by atoms with Crippen LogP contribution in [0.5, 0.6) is 0 Å². The number of para-hydroxylation sites is 2. The molecule has 0 N–H and O–H groups in total. The van der Waals surface area contributed by atoms with Gasteiger partial charge in [0.15, 0.2) is 11.6 Å². The van der Waals surface area contributed by atoms with E-state index in [0.717, 1.165) is 27.0 Å². The Morgan fingerprint density at radius 2 is 1.58 bits per heavy atom. The van der Waals surface area contributed by atoms with Gasteiger partial charge in [-0.25, -0.2) is 9.97 Å². The fourth-order valence-corrected chi connectivity index (χ4v) is 3.48. The van der Waals surface area contributed by atoms with Crippen LogP contribution in [-0.2, 0) is 0 Å². The molecule has 1 aliphatic heterocycles. The van der Waals surface area contributed by atoms with Crippen molar-refractivity contribution in [3.63, 3.8) is 0 Å². The van der Waals surface area contributed by atoms with Gasteiger partial charge in [-0.1, -0.05) is 24.3 Å². The Balaban J connectivity index is 1.85. The van der Waals surface area contributed by atoms with Crippen LogP contribution >= 0.6 is 22.6 Å². The lowest BCUT2D eigenvalue weighted by molar-refractivity contribution is 0.0985.